The second-order valence-corrected chi connectivity index (χ2v) is 6.07. The molecule has 1 N–H and O–H groups in total. The van der Waals surface area contributed by atoms with Crippen LogP contribution in [-0.4, -0.2) is 48.9 Å². The van der Waals surface area contributed by atoms with Gasteiger partial charge in [0.15, 0.2) is 5.82 Å². The van der Waals surface area contributed by atoms with Crippen molar-refractivity contribution < 1.29 is 9.53 Å². The van der Waals surface area contributed by atoms with Gasteiger partial charge in [0.1, 0.15) is 5.56 Å². The smallest absolute Gasteiger partial charge is 0.266 e. The second-order valence-electron chi connectivity index (χ2n) is 6.07. The highest BCUT2D eigenvalue weighted by Gasteiger charge is 2.16. The fourth-order valence-corrected chi connectivity index (χ4v) is 2.72. The van der Waals surface area contributed by atoms with Crippen LogP contribution in [0, 0.1) is 13.8 Å². The standard InChI is InChI=1S/C17H21N7O3/c1-11-9-12(2)24(19-11)14-5-6-15(25)23(20-14)8-7-18-16(26)13-10-22(3)21-17(13)27-4/h5-6,9-10H,7-8H2,1-4H3,(H,18,26). The van der Waals surface area contributed by atoms with Crippen molar-refractivity contribution in [1.82, 2.24) is 34.7 Å². The number of hydrogen-bond acceptors (Lipinski definition) is 6. The summed E-state index contributed by atoms with van der Waals surface area (Å²) in [6.07, 6.45) is 1.57. The summed E-state index contributed by atoms with van der Waals surface area (Å²) in [5.41, 5.74) is 1.86. The van der Waals surface area contributed by atoms with Crippen molar-refractivity contribution >= 4 is 5.91 Å². The van der Waals surface area contributed by atoms with E-state index in [1.165, 1.54) is 22.5 Å². The zero-order valence-electron chi connectivity index (χ0n) is 15.6. The number of aryl methyl sites for hydroxylation is 3. The van der Waals surface area contributed by atoms with Crippen LogP contribution in [0.4, 0.5) is 0 Å². The van der Waals surface area contributed by atoms with Crippen LogP contribution >= 0.6 is 0 Å². The molecule has 0 unspecified atom stereocenters. The Bertz CT molecular complexity index is 1030. The first kappa shape index (κ1) is 18.4. The summed E-state index contributed by atoms with van der Waals surface area (Å²) in [6, 6.07) is 4.99. The minimum atomic E-state index is -0.331. The Hall–Kier alpha value is -3.43. The maximum Gasteiger partial charge on any atom is 0.266 e. The summed E-state index contributed by atoms with van der Waals surface area (Å²) >= 11 is 0. The number of nitrogens with zero attached hydrogens (tertiary/aromatic N) is 6. The minimum absolute atomic E-state index is 0.223. The van der Waals surface area contributed by atoms with Gasteiger partial charge in [0.05, 0.1) is 19.3 Å². The molecule has 142 valence electrons. The predicted octanol–water partition coefficient (Wildman–Crippen LogP) is 0.218. The van der Waals surface area contributed by atoms with Crippen molar-refractivity contribution in [3.8, 4) is 11.7 Å². The number of ether oxygens (including phenoxy) is 1. The van der Waals surface area contributed by atoms with Gasteiger partial charge in [-0.25, -0.2) is 9.36 Å². The Labute approximate surface area is 155 Å². The molecule has 0 saturated carbocycles. The van der Waals surface area contributed by atoms with Gasteiger partial charge < -0.3 is 10.1 Å². The van der Waals surface area contributed by atoms with Crippen molar-refractivity contribution in [3.05, 3.63) is 51.7 Å². The summed E-state index contributed by atoms with van der Waals surface area (Å²) in [5.74, 6) is 0.458. The molecule has 0 atom stereocenters. The Kier molecular flexibility index (Phi) is 5.06. The molecule has 0 radical (unpaired) electrons. The van der Waals surface area contributed by atoms with Crippen LogP contribution in [0.1, 0.15) is 21.7 Å². The molecule has 3 heterocycles. The average molecular weight is 371 g/mol. The Balaban J connectivity index is 1.71. The number of methoxy groups -OCH3 is 1. The Morgan fingerprint density at radius 1 is 1.22 bits per heavy atom. The molecule has 0 aliphatic heterocycles. The zero-order valence-corrected chi connectivity index (χ0v) is 15.6. The fraction of sp³-hybridized carbons (Fsp3) is 0.353. The van der Waals surface area contributed by atoms with E-state index in [4.69, 9.17) is 4.74 Å². The van der Waals surface area contributed by atoms with Crippen molar-refractivity contribution in [2.45, 2.75) is 20.4 Å². The number of nitrogens with one attached hydrogen (secondary N) is 1. The first-order chi connectivity index (χ1) is 12.9. The first-order valence-corrected chi connectivity index (χ1v) is 8.36. The molecule has 3 aromatic heterocycles. The monoisotopic (exact) mass is 371 g/mol. The van der Waals surface area contributed by atoms with E-state index in [1.54, 1.807) is 24.0 Å². The van der Waals surface area contributed by atoms with E-state index in [0.29, 0.717) is 11.4 Å². The van der Waals surface area contributed by atoms with E-state index in [2.05, 4.69) is 20.6 Å². The van der Waals surface area contributed by atoms with Crippen LogP contribution in [0.15, 0.2) is 29.2 Å². The summed E-state index contributed by atoms with van der Waals surface area (Å²) < 4.78 is 9.55. The SMILES string of the molecule is COc1nn(C)cc1C(=O)NCCn1nc(-n2nc(C)cc2C)ccc1=O. The van der Waals surface area contributed by atoms with Crippen LogP contribution in [0.25, 0.3) is 5.82 Å². The highest BCUT2D eigenvalue weighted by atomic mass is 16.5. The lowest BCUT2D eigenvalue weighted by atomic mass is 10.3. The van der Waals surface area contributed by atoms with Gasteiger partial charge in [-0.15, -0.1) is 10.2 Å². The van der Waals surface area contributed by atoms with Crippen LogP contribution in [0.2, 0.25) is 0 Å². The molecule has 3 aromatic rings. The molecule has 1 amide bonds. The normalized spacial score (nSPS) is 10.8. The first-order valence-electron chi connectivity index (χ1n) is 8.36. The van der Waals surface area contributed by atoms with E-state index in [0.717, 1.165) is 11.4 Å². The van der Waals surface area contributed by atoms with Crippen molar-refractivity contribution in [1.29, 1.82) is 0 Å². The van der Waals surface area contributed by atoms with E-state index in [-0.39, 0.29) is 30.4 Å². The summed E-state index contributed by atoms with van der Waals surface area (Å²) in [6.45, 7) is 4.26. The molecule has 0 bridgehead atoms. The quantitative estimate of drug-likeness (QED) is 0.664. The molecule has 0 aliphatic carbocycles. The maximum atomic E-state index is 12.3. The molecule has 0 aliphatic rings. The third kappa shape index (κ3) is 3.89. The van der Waals surface area contributed by atoms with Gasteiger partial charge in [0.25, 0.3) is 11.5 Å². The third-order valence-corrected chi connectivity index (χ3v) is 3.92. The van der Waals surface area contributed by atoms with E-state index in [1.807, 2.05) is 19.9 Å². The molecule has 10 heteroatoms. The summed E-state index contributed by atoms with van der Waals surface area (Å²) in [7, 11) is 3.15. The minimum Gasteiger partial charge on any atom is -0.479 e. The Morgan fingerprint density at radius 3 is 2.67 bits per heavy atom. The number of aromatic nitrogens is 6. The molecule has 0 fully saturated rings. The summed E-state index contributed by atoms with van der Waals surface area (Å²) in [5, 5.41) is 15.5. The van der Waals surface area contributed by atoms with E-state index < -0.39 is 0 Å². The Morgan fingerprint density at radius 2 is 2.00 bits per heavy atom. The van der Waals surface area contributed by atoms with Gasteiger partial charge in [0.2, 0.25) is 5.88 Å². The number of rotatable bonds is 6. The van der Waals surface area contributed by atoms with Gasteiger partial charge in [-0.1, -0.05) is 0 Å². The average Bonchev–Trinajstić information content (AvgIpc) is 3.17. The van der Waals surface area contributed by atoms with Crippen molar-refractivity contribution in [3.63, 3.8) is 0 Å². The highest BCUT2D eigenvalue weighted by Crippen LogP contribution is 2.14. The van der Waals surface area contributed by atoms with E-state index in [9.17, 15) is 9.59 Å². The van der Waals surface area contributed by atoms with Gasteiger partial charge in [-0.05, 0) is 26.0 Å². The largest absolute Gasteiger partial charge is 0.479 e. The third-order valence-electron chi connectivity index (χ3n) is 3.92. The molecule has 27 heavy (non-hydrogen) atoms. The molecule has 3 rings (SSSR count). The highest BCUT2D eigenvalue weighted by molar-refractivity contribution is 5.96. The number of carbonyl (C=O) groups excluding carboxylic acids is 1. The molecule has 0 aromatic carbocycles. The van der Waals surface area contributed by atoms with Gasteiger partial charge in [0, 0.05) is 31.5 Å². The van der Waals surface area contributed by atoms with E-state index >= 15 is 0 Å². The second kappa shape index (κ2) is 7.44. The molecular formula is C17H21N7O3. The fourth-order valence-electron chi connectivity index (χ4n) is 2.72. The number of amides is 1. The molecule has 10 nitrogen and oxygen atoms in total. The number of hydrogen-bond donors (Lipinski definition) is 1. The predicted molar refractivity (Wildman–Crippen MR) is 97.2 cm³/mol. The molecular weight excluding hydrogens is 350 g/mol. The van der Waals surface area contributed by atoms with Crippen molar-refractivity contribution in [2.75, 3.05) is 13.7 Å². The topological polar surface area (TPSA) is 109 Å². The summed E-state index contributed by atoms with van der Waals surface area (Å²) in [4.78, 5) is 24.3. The van der Waals surface area contributed by atoms with Crippen LogP contribution in [0.5, 0.6) is 5.88 Å². The van der Waals surface area contributed by atoms with Gasteiger partial charge >= 0.3 is 0 Å². The van der Waals surface area contributed by atoms with Crippen LogP contribution in [-0.2, 0) is 13.6 Å². The maximum absolute atomic E-state index is 12.3. The zero-order chi connectivity index (χ0) is 19.6. The number of carbonyl (C=O) groups is 1. The lowest BCUT2D eigenvalue weighted by Crippen LogP contribution is -2.32. The lowest BCUT2D eigenvalue weighted by molar-refractivity contribution is 0.0948. The van der Waals surface area contributed by atoms with Crippen LogP contribution in [0.3, 0.4) is 0 Å². The van der Waals surface area contributed by atoms with Crippen molar-refractivity contribution in [2.24, 2.45) is 7.05 Å². The van der Waals surface area contributed by atoms with Gasteiger partial charge in [-0.3, -0.25) is 14.3 Å². The van der Waals surface area contributed by atoms with Crippen LogP contribution < -0.4 is 15.6 Å². The molecule has 0 saturated heterocycles. The lowest BCUT2D eigenvalue weighted by Gasteiger charge is -2.09. The molecule has 0 spiro atoms. The van der Waals surface area contributed by atoms with Gasteiger partial charge in [-0.2, -0.15) is 5.10 Å².